The SMILES string of the molecule is COc1ccc(Cl)cc1-c1noc(C2CCN(S(=O)(=O)c3ccc(Cl)cc3)CC2)n1. The number of piperidine rings is 1. The molecule has 1 fully saturated rings. The van der Waals surface area contributed by atoms with E-state index in [0.717, 1.165) is 0 Å². The molecule has 0 amide bonds. The molecule has 158 valence electrons. The van der Waals surface area contributed by atoms with Crippen LogP contribution in [0.5, 0.6) is 5.75 Å². The number of methoxy groups -OCH3 is 1. The third kappa shape index (κ3) is 4.18. The van der Waals surface area contributed by atoms with Crippen LogP contribution in [-0.2, 0) is 10.0 Å². The third-order valence-corrected chi connectivity index (χ3v) is 7.50. The Kier molecular flexibility index (Phi) is 6.02. The Morgan fingerprint density at radius 3 is 2.40 bits per heavy atom. The lowest BCUT2D eigenvalue weighted by Crippen LogP contribution is -2.37. The predicted molar refractivity (Wildman–Crippen MR) is 113 cm³/mol. The molecule has 1 aliphatic rings. The highest BCUT2D eigenvalue weighted by Gasteiger charge is 2.32. The van der Waals surface area contributed by atoms with Gasteiger partial charge in [-0.2, -0.15) is 9.29 Å². The number of benzene rings is 2. The maximum Gasteiger partial charge on any atom is 0.243 e. The van der Waals surface area contributed by atoms with Gasteiger partial charge in [0, 0.05) is 29.1 Å². The molecule has 4 rings (SSSR count). The highest BCUT2D eigenvalue weighted by molar-refractivity contribution is 7.89. The number of halogens is 2. The van der Waals surface area contributed by atoms with Gasteiger partial charge < -0.3 is 9.26 Å². The minimum Gasteiger partial charge on any atom is -0.496 e. The Bertz CT molecular complexity index is 1140. The highest BCUT2D eigenvalue weighted by Crippen LogP contribution is 2.34. The first-order valence-corrected chi connectivity index (χ1v) is 11.5. The van der Waals surface area contributed by atoms with E-state index < -0.39 is 10.0 Å². The van der Waals surface area contributed by atoms with E-state index in [1.165, 1.54) is 16.4 Å². The van der Waals surface area contributed by atoms with Crippen molar-refractivity contribution in [1.82, 2.24) is 14.4 Å². The lowest BCUT2D eigenvalue weighted by atomic mass is 9.98. The Balaban J connectivity index is 1.48. The van der Waals surface area contributed by atoms with Crippen LogP contribution in [0.1, 0.15) is 24.7 Å². The fourth-order valence-corrected chi connectivity index (χ4v) is 5.23. The number of hydrogen-bond acceptors (Lipinski definition) is 6. The summed E-state index contributed by atoms with van der Waals surface area (Å²) in [6.07, 6.45) is 1.17. The molecule has 0 N–H and O–H groups in total. The van der Waals surface area contributed by atoms with E-state index in [9.17, 15) is 8.42 Å². The first-order chi connectivity index (χ1) is 14.4. The van der Waals surface area contributed by atoms with Crippen LogP contribution in [0.25, 0.3) is 11.4 Å². The fraction of sp³-hybridized carbons (Fsp3) is 0.300. The normalized spacial score (nSPS) is 16.0. The zero-order chi connectivity index (χ0) is 21.3. The van der Waals surface area contributed by atoms with Gasteiger partial charge in [0.15, 0.2) is 0 Å². The number of nitrogens with zero attached hydrogens (tertiary/aromatic N) is 3. The van der Waals surface area contributed by atoms with Crippen molar-refractivity contribution in [2.45, 2.75) is 23.7 Å². The van der Waals surface area contributed by atoms with Crippen LogP contribution in [-0.4, -0.2) is 43.1 Å². The van der Waals surface area contributed by atoms with Crippen molar-refractivity contribution in [2.24, 2.45) is 0 Å². The van der Waals surface area contributed by atoms with Crippen molar-refractivity contribution in [3.8, 4) is 17.1 Å². The van der Waals surface area contributed by atoms with E-state index in [0.29, 0.717) is 59.0 Å². The molecule has 1 aromatic heterocycles. The maximum atomic E-state index is 12.8. The fourth-order valence-electron chi connectivity index (χ4n) is 3.46. The van der Waals surface area contributed by atoms with Gasteiger partial charge in [0.2, 0.25) is 21.7 Å². The summed E-state index contributed by atoms with van der Waals surface area (Å²) in [6, 6.07) is 11.4. The molecule has 10 heteroatoms. The molecular weight excluding hydrogens is 449 g/mol. The van der Waals surface area contributed by atoms with Crippen molar-refractivity contribution in [2.75, 3.05) is 20.2 Å². The van der Waals surface area contributed by atoms with E-state index >= 15 is 0 Å². The molecule has 1 aliphatic heterocycles. The zero-order valence-electron chi connectivity index (χ0n) is 16.1. The summed E-state index contributed by atoms with van der Waals surface area (Å²) >= 11 is 11.9. The molecule has 0 radical (unpaired) electrons. The Hall–Kier alpha value is -2.13. The molecule has 3 aromatic rings. The van der Waals surface area contributed by atoms with Gasteiger partial charge in [-0.3, -0.25) is 0 Å². The summed E-state index contributed by atoms with van der Waals surface area (Å²) in [7, 11) is -2.00. The standard InChI is InChI=1S/C20H19Cl2N3O4S/c1-28-18-7-4-15(22)12-17(18)19-23-20(29-24-19)13-8-10-25(11-9-13)30(26,27)16-5-2-14(21)3-6-16/h2-7,12-13H,8-11H2,1H3. The first kappa shape index (κ1) is 21.1. The van der Waals surface area contributed by atoms with Crippen molar-refractivity contribution in [3.05, 3.63) is 58.4 Å². The van der Waals surface area contributed by atoms with E-state index in [1.54, 1.807) is 37.4 Å². The number of sulfonamides is 1. The van der Waals surface area contributed by atoms with E-state index in [4.69, 9.17) is 32.5 Å². The molecule has 1 saturated heterocycles. The van der Waals surface area contributed by atoms with Crippen LogP contribution in [0.2, 0.25) is 10.0 Å². The van der Waals surface area contributed by atoms with Gasteiger partial charge >= 0.3 is 0 Å². The molecular formula is C20H19Cl2N3O4S. The van der Waals surface area contributed by atoms with E-state index in [1.807, 2.05) is 0 Å². The Labute approximate surface area is 184 Å². The lowest BCUT2D eigenvalue weighted by molar-refractivity contribution is 0.270. The topological polar surface area (TPSA) is 85.5 Å². The predicted octanol–water partition coefficient (Wildman–Crippen LogP) is 4.62. The average Bonchev–Trinajstić information content (AvgIpc) is 3.24. The second-order valence-corrected chi connectivity index (χ2v) is 9.74. The number of rotatable bonds is 5. The maximum absolute atomic E-state index is 12.8. The van der Waals surface area contributed by atoms with Gasteiger partial charge in [-0.15, -0.1) is 0 Å². The molecule has 7 nitrogen and oxygen atoms in total. The van der Waals surface area contributed by atoms with Gasteiger partial charge in [-0.25, -0.2) is 8.42 Å². The van der Waals surface area contributed by atoms with Gasteiger partial charge in [-0.1, -0.05) is 28.4 Å². The number of hydrogen-bond donors (Lipinski definition) is 0. The van der Waals surface area contributed by atoms with Gasteiger partial charge in [-0.05, 0) is 55.3 Å². The molecule has 0 atom stereocenters. The second-order valence-electron chi connectivity index (χ2n) is 6.93. The summed E-state index contributed by atoms with van der Waals surface area (Å²) in [6.45, 7) is 0.738. The van der Waals surface area contributed by atoms with Crippen LogP contribution in [0.15, 0.2) is 51.9 Å². The molecule has 0 aliphatic carbocycles. The molecule has 2 aromatic carbocycles. The molecule has 2 heterocycles. The Morgan fingerprint density at radius 2 is 1.73 bits per heavy atom. The van der Waals surface area contributed by atoms with Gasteiger partial charge in [0.1, 0.15) is 5.75 Å². The quantitative estimate of drug-likeness (QED) is 0.543. The van der Waals surface area contributed by atoms with Gasteiger partial charge in [0.05, 0.1) is 17.6 Å². The summed E-state index contributed by atoms with van der Waals surface area (Å²) in [4.78, 5) is 4.74. The van der Waals surface area contributed by atoms with E-state index in [-0.39, 0.29) is 10.8 Å². The summed E-state index contributed by atoms with van der Waals surface area (Å²) in [5.41, 5.74) is 0.641. The third-order valence-electron chi connectivity index (χ3n) is 5.10. The zero-order valence-corrected chi connectivity index (χ0v) is 18.4. The molecule has 0 saturated carbocycles. The van der Waals surface area contributed by atoms with Crippen molar-refractivity contribution >= 4 is 33.2 Å². The highest BCUT2D eigenvalue weighted by atomic mass is 35.5. The molecule has 0 bridgehead atoms. The summed E-state index contributed by atoms with van der Waals surface area (Å²) in [5, 5.41) is 5.10. The van der Waals surface area contributed by atoms with Crippen LogP contribution in [0.4, 0.5) is 0 Å². The Morgan fingerprint density at radius 1 is 1.07 bits per heavy atom. The minimum absolute atomic E-state index is 0.0203. The van der Waals surface area contributed by atoms with Crippen LogP contribution in [0, 0.1) is 0 Å². The lowest BCUT2D eigenvalue weighted by Gasteiger charge is -2.29. The van der Waals surface area contributed by atoms with Crippen LogP contribution >= 0.6 is 23.2 Å². The summed E-state index contributed by atoms with van der Waals surface area (Å²) in [5.74, 6) is 1.44. The molecule has 30 heavy (non-hydrogen) atoms. The van der Waals surface area contributed by atoms with E-state index in [2.05, 4.69) is 10.1 Å². The number of aromatic nitrogens is 2. The average molecular weight is 468 g/mol. The van der Waals surface area contributed by atoms with Crippen LogP contribution in [0.3, 0.4) is 0 Å². The van der Waals surface area contributed by atoms with Crippen molar-refractivity contribution in [3.63, 3.8) is 0 Å². The number of ether oxygens (including phenoxy) is 1. The van der Waals surface area contributed by atoms with Crippen molar-refractivity contribution < 1.29 is 17.7 Å². The molecule has 0 spiro atoms. The monoisotopic (exact) mass is 467 g/mol. The summed E-state index contributed by atoms with van der Waals surface area (Å²) < 4.78 is 38.0. The largest absolute Gasteiger partial charge is 0.496 e. The van der Waals surface area contributed by atoms with Crippen molar-refractivity contribution in [1.29, 1.82) is 0 Å². The second kappa shape index (κ2) is 8.55. The first-order valence-electron chi connectivity index (χ1n) is 9.31. The van der Waals surface area contributed by atoms with Gasteiger partial charge in [0.25, 0.3) is 0 Å². The molecule has 0 unspecified atom stereocenters. The minimum atomic E-state index is -3.56. The smallest absolute Gasteiger partial charge is 0.243 e. The van der Waals surface area contributed by atoms with Crippen LogP contribution < -0.4 is 4.74 Å².